The van der Waals surface area contributed by atoms with Gasteiger partial charge in [-0.3, -0.25) is 0 Å². The van der Waals surface area contributed by atoms with E-state index in [2.05, 4.69) is 19.1 Å². The summed E-state index contributed by atoms with van der Waals surface area (Å²) in [7, 11) is 0. The molecule has 0 nitrogen and oxygen atoms in total. The molecule has 0 aromatic heterocycles. The van der Waals surface area contributed by atoms with E-state index in [1.54, 1.807) is 12.1 Å². The minimum Gasteiger partial charge on any atom is -0.206 e. The van der Waals surface area contributed by atoms with Crippen LogP contribution in [-0.4, -0.2) is 0 Å². The Bertz CT molecular complexity index is 600. The van der Waals surface area contributed by atoms with Gasteiger partial charge in [-0.25, -0.2) is 4.39 Å². The van der Waals surface area contributed by atoms with Gasteiger partial charge in [0.2, 0.25) is 0 Å². The number of aryl methyl sites for hydroxylation is 1. The Morgan fingerprint density at radius 3 is 2.50 bits per heavy atom. The van der Waals surface area contributed by atoms with E-state index in [1.807, 2.05) is 6.07 Å². The lowest BCUT2D eigenvalue weighted by atomic mass is 9.97. The van der Waals surface area contributed by atoms with Crippen LogP contribution in [0.3, 0.4) is 0 Å². The first kappa shape index (κ1) is 11.7. The van der Waals surface area contributed by atoms with E-state index in [0.29, 0.717) is 10.6 Å². The summed E-state index contributed by atoms with van der Waals surface area (Å²) in [6.45, 7) is 2.10. The van der Waals surface area contributed by atoms with Crippen LogP contribution < -0.4 is 0 Å². The highest BCUT2D eigenvalue weighted by atomic mass is 35.5. The molecule has 3 rings (SSSR count). The Balaban J connectivity index is 2.03. The van der Waals surface area contributed by atoms with Gasteiger partial charge in [0.05, 0.1) is 0 Å². The Morgan fingerprint density at radius 1 is 1.11 bits per heavy atom. The van der Waals surface area contributed by atoms with Crippen molar-refractivity contribution in [1.29, 1.82) is 0 Å². The van der Waals surface area contributed by atoms with Crippen molar-refractivity contribution >= 4 is 11.6 Å². The molecule has 92 valence electrons. The normalized spacial score (nSPS) is 14.8. The quantitative estimate of drug-likeness (QED) is 0.684. The molecule has 1 saturated carbocycles. The van der Waals surface area contributed by atoms with E-state index in [4.69, 9.17) is 11.6 Å². The van der Waals surface area contributed by atoms with Crippen molar-refractivity contribution in [2.45, 2.75) is 25.7 Å². The summed E-state index contributed by atoms with van der Waals surface area (Å²) in [5.74, 6) is 0.468. The number of hydrogen-bond acceptors (Lipinski definition) is 0. The fourth-order valence-corrected chi connectivity index (χ4v) is 2.58. The van der Waals surface area contributed by atoms with Gasteiger partial charge in [0.1, 0.15) is 5.82 Å². The van der Waals surface area contributed by atoms with Crippen LogP contribution in [0.15, 0.2) is 36.4 Å². The maximum absolute atomic E-state index is 13.9. The second kappa shape index (κ2) is 4.40. The van der Waals surface area contributed by atoms with Gasteiger partial charge >= 0.3 is 0 Å². The minimum absolute atomic E-state index is 0.263. The smallest absolute Gasteiger partial charge is 0.132 e. The van der Waals surface area contributed by atoms with Crippen LogP contribution in [0.2, 0.25) is 5.02 Å². The van der Waals surface area contributed by atoms with Gasteiger partial charge in [-0.2, -0.15) is 0 Å². The summed E-state index contributed by atoms with van der Waals surface area (Å²) in [5, 5.41) is 0.433. The SMILES string of the molecule is Cc1cc(-c2ccc(Cl)cc2F)ccc1C1CC1. The van der Waals surface area contributed by atoms with Crippen molar-refractivity contribution in [2.75, 3.05) is 0 Å². The Hall–Kier alpha value is -1.34. The average Bonchev–Trinajstić information content (AvgIpc) is 3.13. The zero-order chi connectivity index (χ0) is 12.7. The zero-order valence-corrected chi connectivity index (χ0v) is 11.0. The highest BCUT2D eigenvalue weighted by Gasteiger charge is 2.25. The zero-order valence-electron chi connectivity index (χ0n) is 10.2. The van der Waals surface area contributed by atoms with Crippen molar-refractivity contribution in [3.63, 3.8) is 0 Å². The Labute approximate surface area is 111 Å². The largest absolute Gasteiger partial charge is 0.206 e. The van der Waals surface area contributed by atoms with Gasteiger partial charge in [0, 0.05) is 10.6 Å². The monoisotopic (exact) mass is 260 g/mol. The molecule has 18 heavy (non-hydrogen) atoms. The van der Waals surface area contributed by atoms with E-state index in [1.165, 1.54) is 30.0 Å². The van der Waals surface area contributed by atoms with Gasteiger partial charge in [0.15, 0.2) is 0 Å². The molecule has 0 amide bonds. The standard InChI is InChI=1S/C16H14ClF/c1-10-8-12(4-6-14(10)11-2-3-11)15-7-5-13(17)9-16(15)18/h4-9,11H,2-3H2,1H3. The first-order valence-electron chi connectivity index (χ1n) is 6.21. The lowest BCUT2D eigenvalue weighted by molar-refractivity contribution is 0.631. The van der Waals surface area contributed by atoms with Crippen molar-refractivity contribution in [3.8, 4) is 11.1 Å². The van der Waals surface area contributed by atoms with Crippen LogP contribution in [0.4, 0.5) is 4.39 Å². The summed E-state index contributed by atoms with van der Waals surface area (Å²) in [6.07, 6.45) is 2.57. The molecule has 1 fully saturated rings. The third-order valence-corrected chi connectivity index (χ3v) is 3.76. The number of rotatable bonds is 2. The molecule has 0 heterocycles. The van der Waals surface area contributed by atoms with E-state index >= 15 is 0 Å². The van der Waals surface area contributed by atoms with Gasteiger partial charge < -0.3 is 0 Å². The molecule has 0 saturated heterocycles. The molecular formula is C16H14ClF. The molecule has 2 heteroatoms. The maximum Gasteiger partial charge on any atom is 0.132 e. The third kappa shape index (κ3) is 2.15. The number of halogens is 2. The van der Waals surface area contributed by atoms with Crippen LogP contribution in [0.1, 0.15) is 29.9 Å². The summed E-state index contributed by atoms with van der Waals surface area (Å²) in [6, 6.07) is 11.0. The molecule has 0 aliphatic heterocycles. The van der Waals surface area contributed by atoms with Gasteiger partial charge in [0.25, 0.3) is 0 Å². The lowest BCUT2D eigenvalue weighted by Crippen LogP contribution is -1.89. The predicted octanol–water partition coefficient (Wildman–Crippen LogP) is 5.33. The van der Waals surface area contributed by atoms with Crippen LogP contribution in [0.5, 0.6) is 0 Å². The third-order valence-electron chi connectivity index (χ3n) is 3.53. The van der Waals surface area contributed by atoms with Crippen molar-refractivity contribution in [1.82, 2.24) is 0 Å². The second-order valence-electron chi connectivity index (χ2n) is 4.97. The number of hydrogen-bond donors (Lipinski definition) is 0. The summed E-state index contributed by atoms with van der Waals surface area (Å²) in [4.78, 5) is 0. The molecule has 0 radical (unpaired) electrons. The molecule has 0 N–H and O–H groups in total. The molecule has 2 aromatic rings. The second-order valence-corrected chi connectivity index (χ2v) is 5.41. The van der Waals surface area contributed by atoms with E-state index in [0.717, 1.165) is 11.5 Å². The topological polar surface area (TPSA) is 0 Å². The fourth-order valence-electron chi connectivity index (χ4n) is 2.42. The van der Waals surface area contributed by atoms with Crippen LogP contribution in [0.25, 0.3) is 11.1 Å². The molecule has 0 atom stereocenters. The predicted molar refractivity (Wildman–Crippen MR) is 73.6 cm³/mol. The van der Waals surface area contributed by atoms with Gasteiger partial charge in [-0.05, 0) is 60.6 Å². The molecule has 0 unspecified atom stereocenters. The van der Waals surface area contributed by atoms with Crippen LogP contribution in [0, 0.1) is 12.7 Å². The fraction of sp³-hybridized carbons (Fsp3) is 0.250. The van der Waals surface area contributed by atoms with Crippen molar-refractivity contribution in [3.05, 3.63) is 58.4 Å². The molecular weight excluding hydrogens is 247 g/mol. The van der Waals surface area contributed by atoms with Gasteiger partial charge in [-0.1, -0.05) is 29.8 Å². The first-order valence-corrected chi connectivity index (χ1v) is 6.59. The van der Waals surface area contributed by atoms with Crippen molar-refractivity contribution < 1.29 is 4.39 Å². The lowest BCUT2D eigenvalue weighted by Gasteiger charge is -2.09. The molecule has 2 aromatic carbocycles. The molecule has 1 aliphatic carbocycles. The molecule has 0 bridgehead atoms. The molecule has 1 aliphatic rings. The maximum atomic E-state index is 13.9. The van der Waals surface area contributed by atoms with E-state index in [-0.39, 0.29) is 5.82 Å². The van der Waals surface area contributed by atoms with Crippen molar-refractivity contribution in [2.24, 2.45) is 0 Å². The Kier molecular flexibility index (Phi) is 2.87. The summed E-state index contributed by atoms with van der Waals surface area (Å²) in [5.41, 5.74) is 4.20. The summed E-state index contributed by atoms with van der Waals surface area (Å²) < 4.78 is 13.9. The highest BCUT2D eigenvalue weighted by molar-refractivity contribution is 6.30. The summed E-state index contributed by atoms with van der Waals surface area (Å²) >= 11 is 5.77. The van der Waals surface area contributed by atoms with Crippen LogP contribution >= 0.6 is 11.6 Å². The highest BCUT2D eigenvalue weighted by Crippen LogP contribution is 2.42. The van der Waals surface area contributed by atoms with Gasteiger partial charge in [-0.15, -0.1) is 0 Å². The molecule has 0 spiro atoms. The van der Waals surface area contributed by atoms with E-state index < -0.39 is 0 Å². The first-order chi connectivity index (χ1) is 8.65. The van der Waals surface area contributed by atoms with Crippen LogP contribution in [-0.2, 0) is 0 Å². The number of benzene rings is 2. The minimum atomic E-state index is -0.263. The average molecular weight is 261 g/mol. The van der Waals surface area contributed by atoms with E-state index in [9.17, 15) is 4.39 Å². The Morgan fingerprint density at radius 2 is 1.89 bits per heavy atom.